The third-order valence-corrected chi connectivity index (χ3v) is 4.85. The van der Waals surface area contributed by atoms with Crippen LogP contribution in [0.5, 0.6) is 11.5 Å². The van der Waals surface area contributed by atoms with Gasteiger partial charge in [-0.3, -0.25) is 9.59 Å². The van der Waals surface area contributed by atoms with E-state index in [0.29, 0.717) is 24.6 Å². The van der Waals surface area contributed by atoms with E-state index >= 15 is 0 Å². The molecule has 1 atom stereocenters. The van der Waals surface area contributed by atoms with Gasteiger partial charge in [0.2, 0.25) is 5.91 Å². The van der Waals surface area contributed by atoms with Crippen LogP contribution in [0.4, 0.5) is 5.69 Å². The molecular weight excluding hydrogens is 344 g/mol. The van der Waals surface area contributed by atoms with Crippen LogP contribution in [0.3, 0.4) is 0 Å². The predicted molar refractivity (Wildman–Crippen MR) is 97.7 cm³/mol. The number of anilines is 1. The fourth-order valence-electron chi connectivity index (χ4n) is 2.76. The highest BCUT2D eigenvalue weighted by Gasteiger charge is 2.23. The summed E-state index contributed by atoms with van der Waals surface area (Å²) < 4.78 is 10.5. The lowest BCUT2D eigenvalue weighted by molar-refractivity contribution is -0.133. The maximum atomic E-state index is 12.2. The molecule has 0 spiro atoms. The van der Waals surface area contributed by atoms with Crippen molar-refractivity contribution in [1.29, 1.82) is 0 Å². The van der Waals surface area contributed by atoms with E-state index in [-0.39, 0.29) is 23.5 Å². The maximum Gasteiger partial charge on any atom is 0.313 e. The van der Waals surface area contributed by atoms with Crippen LogP contribution in [-0.2, 0) is 9.59 Å². The second kappa shape index (κ2) is 9.41. The number of hydrogen-bond donors (Lipinski definition) is 2. The first kappa shape index (κ1) is 19.2. The summed E-state index contributed by atoms with van der Waals surface area (Å²) in [6, 6.07) is 5.73. The molecule has 0 aliphatic carbocycles. The Balaban J connectivity index is 1.92. The van der Waals surface area contributed by atoms with Crippen molar-refractivity contribution in [3.63, 3.8) is 0 Å². The zero-order valence-corrected chi connectivity index (χ0v) is 15.3. The number of aliphatic carboxylic acids is 1. The summed E-state index contributed by atoms with van der Waals surface area (Å²) in [4.78, 5) is 24.6. The highest BCUT2D eigenvalue weighted by molar-refractivity contribution is 8.00. The van der Waals surface area contributed by atoms with E-state index in [1.165, 1.54) is 0 Å². The zero-order valence-electron chi connectivity index (χ0n) is 14.5. The Morgan fingerprint density at radius 2 is 1.92 bits per heavy atom. The third kappa shape index (κ3) is 6.04. The molecule has 1 aromatic rings. The molecule has 138 valence electrons. The van der Waals surface area contributed by atoms with Crippen molar-refractivity contribution < 1.29 is 24.2 Å². The van der Waals surface area contributed by atoms with E-state index in [1.807, 2.05) is 18.2 Å². The molecule has 1 unspecified atom stereocenters. The van der Waals surface area contributed by atoms with Crippen LogP contribution in [0, 0.1) is 0 Å². The Morgan fingerprint density at radius 3 is 2.52 bits per heavy atom. The van der Waals surface area contributed by atoms with Crippen LogP contribution in [0.1, 0.15) is 12.8 Å². The minimum atomic E-state index is -0.900. The summed E-state index contributed by atoms with van der Waals surface area (Å²) in [5.41, 5.74) is 0.885. The van der Waals surface area contributed by atoms with Crippen LogP contribution >= 0.6 is 11.8 Å². The van der Waals surface area contributed by atoms with Crippen LogP contribution in [0.2, 0.25) is 0 Å². The van der Waals surface area contributed by atoms with E-state index in [0.717, 1.165) is 30.3 Å². The Labute approximate surface area is 151 Å². The number of nitrogens with zero attached hydrogens (tertiary/aromatic N) is 1. The average molecular weight is 368 g/mol. The molecule has 25 heavy (non-hydrogen) atoms. The predicted octanol–water partition coefficient (Wildman–Crippen LogP) is 1.92. The fourth-order valence-corrected chi connectivity index (χ4v) is 3.40. The van der Waals surface area contributed by atoms with E-state index in [2.05, 4.69) is 5.32 Å². The van der Waals surface area contributed by atoms with Crippen molar-refractivity contribution in [2.24, 2.45) is 0 Å². The number of benzene rings is 1. The molecule has 1 heterocycles. The number of likely N-dealkylation sites (tertiary alicyclic amines) is 1. The van der Waals surface area contributed by atoms with Crippen molar-refractivity contribution >= 4 is 29.3 Å². The van der Waals surface area contributed by atoms with Crippen LogP contribution < -0.4 is 14.8 Å². The Bertz CT molecular complexity index is 588. The number of nitrogens with one attached hydrogen (secondary N) is 1. The summed E-state index contributed by atoms with van der Waals surface area (Å²) >= 11 is 1.13. The maximum absolute atomic E-state index is 12.2. The lowest BCUT2D eigenvalue weighted by Crippen LogP contribution is -2.45. The number of amides is 1. The highest BCUT2D eigenvalue weighted by atomic mass is 32.2. The first-order valence-electron chi connectivity index (χ1n) is 8.08. The van der Waals surface area contributed by atoms with Gasteiger partial charge in [-0.15, -0.1) is 11.8 Å². The molecule has 0 aromatic heterocycles. The smallest absolute Gasteiger partial charge is 0.313 e. The molecule has 2 N–H and O–H groups in total. The SMILES string of the molecule is COc1cc(NC2CCCN(C(=O)CSCC(=O)O)C2)cc(OC)c1. The molecule has 8 heteroatoms. The van der Waals surface area contributed by atoms with Gasteiger partial charge in [-0.05, 0) is 12.8 Å². The quantitative estimate of drug-likeness (QED) is 0.725. The molecule has 7 nitrogen and oxygen atoms in total. The Kier molecular flexibility index (Phi) is 7.24. The summed E-state index contributed by atoms with van der Waals surface area (Å²) in [6.45, 7) is 1.32. The molecule has 0 saturated carbocycles. The minimum absolute atomic E-state index is 0.0130. The number of ether oxygens (including phenoxy) is 2. The number of carboxylic acids is 1. The summed E-state index contributed by atoms with van der Waals surface area (Å²) in [5.74, 6) is 0.645. The van der Waals surface area contributed by atoms with Crippen molar-refractivity contribution in [3.8, 4) is 11.5 Å². The van der Waals surface area contributed by atoms with Gasteiger partial charge in [0, 0.05) is 43.0 Å². The summed E-state index contributed by atoms with van der Waals surface area (Å²) in [6.07, 6.45) is 1.87. The highest BCUT2D eigenvalue weighted by Crippen LogP contribution is 2.27. The van der Waals surface area contributed by atoms with Crippen molar-refractivity contribution in [2.45, 2.75) is 18.9 Å². The van der Waals surface area contributed by atoms with Crippen LogP contribution in [0.25, 0.3) is 0 Å². The minimum Gasteiger partial charge on any atom is -0.497 e. The topological polar surface area (TPSA) is 88.1 Å². The van der Waals surface area contributed by atoms with Crippen molar-refractivity contribution in [1.82, 2.24) is 4.90 Å². The first-order valence-corrected chi connectivity index (χ1v) is 9.24. The number of rotatable bonds is 8. The third-order valence-electron chi connectivity index (χ3n) is 3.95. The second-order valence-corrected chi connectivity index (χ2v) is 6.80. The van der Waals surface area contributed by atoms with Crippen LogP contribution in [0.15, 0.2) is 18.2 Å². The zero-order chi connectivity index (χ0) is 18.2. The van der Waals surface area contributed by atoms with E-state index < -0.39 is 5.97 Å². The number of carboxylic acid groups (broad SMARTS) is 1. The molecule has 1 aromatic carbocycles. The molecular formula is C17H24N2O5S. The number of carbonyl (C=O) groups is 2. The number of thioether (sulfide) groups is 1. The number of carbonyl (C=O) groups excluding carboxylic acids is 1. The van der Waals surface area contributed by atoms with Crippen LogP contribution in [-0.4, -0.2) is 66.7 Å². The molecule has 1 saturated heterocycles. The van der Waals surface area contributed by atoms with Gasteiger partial charge in [0.1, 0.15) is 11.5 Å². The lowest BCUT2D eigenvalue weighted by atomic mass is 10.1. The molecule has 1 aliphatic heterocycles. The number of hydrogen-bond acceptors (Lipinski definition) is 6. The van der Waals surface area contributed by atoms with Crippen molar-refractivity contribution in [2.75, 3.05) is 44.1 Å². The first-order chi connectivity index (χ1) is 12.0. The number of methoxy groups -OCH3 is 2. The molecule has 0 radical (unpaired) electrons. The fraction of sp³-hybridized carbons (Fsp3) is 0.529. The lowest BCUT2D eigenvalue weighted by Gasteiger charge is -2.33. The average Bonchev–Trinajstić information content (AvgIpc) is 2.61. The van der Waals surface area contributed by atoms with Gasteiger partial charge in [0.05, 0.1) is 25.7 Å². The van der Waals surface area contributed by atoms with Gasteiger partial charge < -0.3 is 24.8 Å². The van der Waals surface area contributed by atoms with Crippen molar-refractivity contribution in [3.05, 3.63) is 18.2 Å². The number of piperidine rings is 1. The van der Waals surface area contributed by atoms with Gasteiger partial charge in [-0.25, -0.2) is 0 Å². The summed E-state index contributed by atoms with van der Waals surface area (Å²) in [5, 5.41) is 12.1. The van der Waals surface area contributed by atoms with E-state index in [1.54, 1.807) is 19.1 Å². The molecule has 1 aliphatic rings. The summed E-state index contributed by atoms with van der Waals surface area (Å²) in [7, 11) is 3.21. The molecule has 1 fully saturated rings. The largest absolute Gasteiger partial charge is 0.497 e. The molecule has 2 rings (SSSR count). The van der Waals surface area contributed by atoms with Gasteiger partial charge in [0.15, 0.2) is 0 Å². The standard InChI is InChI=1S/C17H24N2O5S/c1-23-14-6-13(7-15(8-14)24-2)18-12-4-3-5-19(9-12)16(20)10-25-11-17(21)22/h6-8,12,18H,3-5,9-11H2,1-2H3,(H,21,22). The Hall–Kier alpha value is -2.09. The van der Waals surface area contributed by atoms with Gasteiger partial charge >= 0.3 is 5.97 Å². The van der Waals surface area contributed by atoms with E-state index in [4.69, 9.17) is 14.6 Å². The molecule has 0 bridgehead atoms. The van der Waals surface area contributed by atoms with Gasteiger partial charge in [0.25, 0.3) is 0 Å². The van der Waals surface area contributed by atoms with E-state index in [9.17, 15) is 9.59 Å². The monoisotopic (exact) mass is 368 g/mol. The Morgan fingerprint density at radius 1 is 1.24 bits per heavy atom. The molecule has 1 amide bonds. The van der Waals surface area contributed by atoms with Gasteiger partial charge in [-0.1, -0.05) is 0 Å². The normalized spacial score (nSPS) is 17.0. The second-order valence-electron chi connectivity index (χ2n) is 5.81. The van der Waals surface area contributed by atoms with Gasteiger partial charge in [-0.2, -0.15) is 0 Å².